The van der Waals surface area contributed by atoms with Gasteiger partial charge in [-0.2, -0.15) is 0 Å². The molecule has 0 aliphatic heterocycles. The van der Waals surface area contributed by atoms with Crippen LogP contribution < -0.4 is 10.5 Å². The first-order valence-electron chi connectivity index (χ1n) is 9.33. The molecule has 9 heteroatoms. The quantitative estimate of drug-likeness (QED) is 0.568. The number of nitrogens with one attached hydrogen (secondary N) is 1. The number of hydrogen-bond donors (Lipinski definition) is 2. The second-order valence-corrected chi connectivity index (χ2v) is 8.36. The van der Waals surface area contributed by atoms with Crippen LogP contribution in [-0.4, -0.2) is 31.4 Å². The first-order valence-corrected chi connectivity index (χ1v) is 10.9. The maximum Gasteiger partial charge on any atom is 0.340 e. The third-order valence-corrected chi connectivity index (χ3v) is 5.41. The Hall–Kier alpha value is -3.56. The van der Waals surface area contributed by atoms with Crippen LogP contribution >= 0.6 is 0 Å². The topological polar surface area (TPSA) is 128 Å². The molecule has 0 spiro atoms. The molecule has 1 amide bonds. The van der Waals surface area contributed by atoms with Gasteiger partial charge in [-0.25, -0.2) is 18.4 Å². The average molecular weight is 439 g/mol. The van der Waals surface area contributed by atoms with Crippen LogP contribution in [0.1, 0.15) is 23.0 Å². The SMILES string of the molecule is Cc1nc(-c2ccccc2)ccc1C(=O)OC(C)C(=O)Nc1ccc(S(N)(=O)=O)cc1. The van der Waals surface area contributed by atoms with Crippen molar-refractivity contribution >= 4 is 27.6 Å². The molecular formula is C22H21N3O5S. The van der Waals surface area contributed by atoms with Crippen LogP contribution in [0.5, 0.6) is 0 Å². The Kier molecular flexibility index (Phi) is 6.47. The van der Waals surface area contributed by atoms with Gasteiger partial charge < -0.3 is 10.1 Å². The summed E-state index contributed by atoms with van der Waals surface area (Å²) < 4.78 is 27.8. The Bertz CT molecular complexity index is 1210. The molecule has 0 radical (unpaired) electrons. The largest absolute Gasteiger partial charge is 0.449 e. The Morgan fingerprint density at radius 1 is 1.00 bits per heavy atom. The van der Waals surface area contributed by atoms with Crippen LogP contribution in [0, 0.1) is 6.92 Å². The summed E-state index contributed by atoms with van der Waals surface area (Å²) in [5, 5.41) is 7.60. The van der Waals surface area contributed by atoms with E-state index in [9.17, 15) is 18.0 Å². The van der Waals surface area contributed by atoms with E-state index in [0.717, 1.165) is 11.3 Å². The average Bonchev–Trinajstić information content (AvgIpc) is 2.73. The molecule has 0 saturated carbocycles. The van der Waals surface area contributed by atoms with E-state index in [4.69, 9.17) is 9.88 Å². The van der Waals surface area contributed by atoms with Crippen molar-refractivity contribution in [1.29, 1.82) is 0 Å². The number of nitrogens with zero attached hydrogens (tertiary/aromatic N) is 1. The molecule has 2 aromatic carbocycles. The molecule has 8 nitrogen and oxygen atoms in total. The lowest BCUT2D eigenvalue weighted by Gasteiger charge is -2.15. The van der Waals surface area contributed by atoms with Gasteiger partial charge in [0, 0.05) is 11.3 Å². The molecule has 3 aromatic rings. The van der Waals surface area contributed by atoms with Gasteiger partial charge in [-0.15, -0.1) is 0 Å². The predicted octanol–water partition coefficient (Wildman–Crippen LogP) is 2.89. The Morgan fingerprint density at radius 3 is 2.23 bits per heavy atom. The van der Waals surface area contributed by atoms with Gasteiger partial charge in [0.1, 0.15) is 0 Å². The van der Waals surface area contributed by atoms with Crippen molar-refractivity contribution < 1.29 is 22.7 Å². The van der Waals surface area contributed by atoms with Gasteiger partial charge in [0.15, 0.2) is 6.10 Å². The number of carbonyl (C=O) groups excluding carboxylic acids is 2. The van der Waals surface area contributed by atoms with Crippen LogP contribution in [0.25, 0.3) is 11.3 Å². The lowest BCUT2D eigenvalue weighted by Crippen LogP contribution is -2.30. The highest BCUT2D eigenvalue weighted by molar-refractivity contribution is 7.89. The number of nitrogens with two attached hydrogens (primary N) is 1. The van der Waals surface area contributed by atoms with Crippen molar-refractivity contribution in [2.24, 2.45) is 5.14 Å². The minimum absolute atomic E-state index is 0.0769. The number of sulfonamides is 1. The fourth-order valence-electron chi connectivity index (χ4n) is 2.80. The summed E-state index contributed by atoms with van der Waals surface area (Å²) in [6.45, 7) is 3.13. The van der Waals surface area contributed by atoms with Gasteiger partial charge in [-0.05, 0) is 50.2 Å². The van der Waals surface area contributed by atoms with E-state index in [1.54, 1.807) is 19.1 Å². The zero-order valence-corrected chi connectivity index (χ0v) is 17.7. The number of hydrogen-bond acceptors (Lipinski definition) is 6. The molecule has 1 heterocycles. The number of esters is 1. The second-order valence-electron chi connectivity index (χ2n) is 6.80. The summed E-state index contributed by atoms with van der Waals surface area (Å²) in [7, 11) is -3.82. The predicted molar refractivity (Wildman–Crippen MR) is 116 cm³/mol. The van der Waals surface area contributed by atoms with Crippen LogP contribution in [-0.2, 0) is 19.6 Å². The summed E-state index contributed by atoms with van der Waals surface area (Å²) in [5.74, 6) is -1.24. The molecule has 3 rings (SSSR count). The van der Waals surface area contributed by atoms with Gasteiger partial charge in [0.2, 0.25) is 10.0 Å². The summed E-state index contributed by atoms with van der Waals surface area (Å²) >= 11 is 0. The van der Waals surface area contributed by atoms with Crippen molar-refractivity contribution in [2.45, 2.75) is 24.8 Å². The first kappa shape index (κ1) is 22.1. The maximum absolute atomic E-state index is 12.5. The monoisotopic (exact) mass is 439 g/mol. The number of amides is 1. The number of anilines is 1. The third kappa shape index (κ3) is 5.53. The van der Waals surface area contributed by atoms with E-state index in [0.29, 0.717) is 11.4 Å². The van der Waals surface area contributed by atoms with Crippen molar-refractivity contribution in [3.05, 3.63) is 78.0 Å². The van der Waals surface area contributed by atoms with E-state index < -0.39 is 28.0 Å². The number of primary sulfonamides is 1. The van der Waals surface area contributed by atoms with Gasteiger partial charge in [0.05, 0.1) is 21.8 Å². The first-order chi connectivity index (χ1) is 14.6. The molecule has 1 aromatic heterocycles. The van der Waals surface area contributed by atoms with E-state index in [-0.39, 0.29) is 10.5 Å². The van der Waals surface area contributed by atoms with E-state index >= 15 is 0 Å². The second kappa shape index (κ2) is 9.07. The molecule has 160 valence electrons. The molecule has 3 N–H and O–H groups in total. The fourth-order valence-corrected chi connectivity index (χ4v) is 3.31. The number of ether oxygens (including phenoxy) is 1. The lowest BCUT2D eigenvalue weighted by molar-refractivity contribution is -0.123. The Balaban J connectivity index is 1.65. The molecule has 1 unspecified atom stereocenters. The highest BCUT2D eigenvalue weighted by atomic mass is 32.2. The number of benzene rings is 2. The number of aromatic nitrogens is 1. The molecule has 1 atom stereocenters. The minimum Gasteiger partial charge on any atom is -0.449 e. The van der Waals surface area contributed by atoms with Gasteiger partial charge in [0.25, 0.3) is 5.91 Å². The molecule has 0 aliphatic rings. The highest BCUT2D eigenvalue weighted by Gasteiger charge is 2.21. The van der Waals surface area contributed by atoms with Gasteiger partial charge >= 0.3 is 5.97 Å². The zero-order chi connectivity index (χ0) is 22.6. The standard InChI is InChI=1S/C22H21N3O5S/c1-14-19(12-13-20(24-14)16-6-4-3-5-7-16)22(27)30-15(2)21(26)25-17-8-10-18(11-9-17)31(23,28)29/h3-13,15H,1-2H3,(H,25,26)(H2,23,28,29). The number of carbonyl (C=O) groups is 2. The number of aryl methyl sites for hydroxylation is 1. The van der Waals surface area contributed by atoms with E-state index in [1.807, 2.05) is 30.3 Å². The molecule has 0 bridgehead atoms. The van der Waals surface area contributed by atoms with Crippen molar-refractivity contribution in [2.75, 3.05) is 5.32 Å². The fraction of sp³-hybridized carbons (Fsp3) is 0.136. The minimum atomic E-state index is -3.82. The van der Waals surface area contributed by atoms with Crippen LogP contribution in [0.3, 0.4) is 0 Å². The molecular weight excluding hydrogens is 418 g/mol. The number of rotatable bonds is 6. The summed E-state index contributed by atoms with van der Waals surface area (Å²) in [6.07, 6.45) is -1.08. The van der Waals surface area contributed by atoms with Crippen LogP contribution in [0.15, 0.2) is 71.6 Å². The Morgan fingerprint density at radius 2 is 1.65 bits per heavy atom. The smallest absolute Gasteiger partial charge is 0.340 e. The molecule has 31 heavy (non-hydrogen) atoms. The van der Waals surface area contributed by atoms with Gasteiger partial charge in [-0.1, -0.05) is 30.3 Å². The zero-order valence-electron chi connectivity index (χ0n) is 16.9. The van der Waals surface area contributed by atoms with Crippen molar-refractivity contribution in [3.8, 4) is 11.3 Å². The maximum atomic E-state index is 12.5. The van der Waals surface area contributed by atoms with Gasteiger partial charge in [-0.3, -0.25) is 9.78 Å². The summed E-state index contributed by atoms with van der Waals surface area (Å²) in [4.78, 5) is 29.2. The van der Waals surface area contributed by atoms with Crippen LogP contribution in [0.2, 0.25) is 0 Å². The molecule has 0 saturated heterocycles. The van der Waals surface area contributed by atoms with Crippen molar-refractivity contribution in [1.82, 2.24) is 4.98 Å². The number of pyridine rings is 1. The lowest BCUT2D eigenvalue weighted by atomic mass is 10.1. The summed E-state index contributed by atoms with van der Waals surface area (Å²) in [5.41, 5.74) is 2.73. The van der Waals surface area contributed by atoms with Crippen molar-refractivity contribution in [3.63, 3.8) is 0 Å². The third-order valence-electron chi connectivity index (χ3n) is 4.48. The Labute approximate surface area is 180 Å². The summed E-state index contributed by atoms with van der Waals surface area (Å²) in [6, 6.07) is 18.2. The molecule has 0 aliphatic carbocycles. The van der Waals surface area contributed by atoms with E-state index in [1.165, 1.54) is 31.2 Å². The molecule has 0 fully saturated rings. The normalized spacial score (nSPS) is 12.1. The van der Waals surface area contributed by atoms with Crippen LogP contribution in [0.4, 0.5) is 5.69 Å². The highest BCUT2D eigenvalue weighted by Crippen LogP contribution is 2.19. The van der Waals surface area contributed by atoms with E-state index in [2.05, 4.69) is 10.3 Å².